The van der Waals surface area contributed by atoms with Crippen molar-refractivity contribution in [1.29, 1.82) is 0 Å². The molecule has 0 amide bonds. The summed E-state index contributed by atoms with van der Waals surface area (Å²) >= 11 is 0. The lowest BCUT2D eigenvalue weighted by atomic mass is 9.90. The zero-order chi connectivity index (χ0) is 25.6. The van der Waals surface area contributed by atoms with Gasteiger partial charge in [0.25, 0.3) is 0 Å². The Hall–Kier alpha value is -1.73. The topological polar surface area (TPSA) is 20.2 Å². The molecule has 0 bridgehead atoms. The Kier molecular flexibility index (Phi) is 7.57. The molecule has 1 N–H and O–H groups in total. The largest absolute Gasteiger partial charge is 0.460 e. The van der Waals surface area contributed by atoms with Crippen molar-refractivity contribution in [3.05, 3.63) is 35.4 Å². The number of hydrogen-bond donors (Lipinski definition) is 1. The van der Waals surface area contributed by atoms with E-state index in [1.807, 2.05) is 13.8 Å². The molecule has 1 rings (SSSR count). The van der Waals surface area contributed by atoms with E-state index in [4.69, 9.17) is 0 Å². The minimum absolute atomic E-state index is 0.132. The first kappa shape index (κ1) is 28.3. The van der Waals surface area contributed by atoms with Crippen LogP contribution in [0.3, 0.4) is 0 Å². The lowest BCUT2D eigenvalue weighted by Gasteiger charge is -2.40. The van der Waals surface area contributed by atoms with Crippen LogP contribution in [0, 0.1) is 5.92 Å². The molecule has 0 aromatic heterocycles. The first-order chi connectivity index (χ1) is 14.0. The van der Waals surface area contributed by atoms with Crippen LogP contribution >= 0.6 is 0 Å². The Morgan fingerprint density at radius 1 is 0.656 bits per heavy atom. The van der Waals surface area contributed by atoms with Gasteiger partial charge in [0, 0.05) is 6.42 Å². The molecule has 1 aromatic carbocycles. The predicted octanol–water partition coefficient (Wildman–Crippen LogP) is 7.05. The summed E-state index contributed by atoms with van der Waals surface area (Å²) in [5.74, 6) is -37.2. The van der Waals surface area contributed by atoms with E-state index in [1.165, 1.54) is 12.1 Å². The van der Waals surface area contributed by atoms with E-state index in [2.05, 4.69) is 0 Å². The van der Waals surface area contributed by atoms with Crippen molar-refractivity contribution in [3.63, 3.8) is 0 Å². The summed E-state index contributed by atoms with van der Waals surface area (Å²) in [6, 6.07) is 4.42. The van der Waals surface area contributed by atoms with Crippen molar-refractivity contribution in [2.75, 3.05) is 0 Å². The second kappa shape index (κ2) is 8.56. The maximum Gasteiger partial charge on any atom is 0.460 e. The molecule has 0 aliphatic carbocycles. The third kappa shape index (κ3) is 4.79. The molecule has 32 heavy (non-hydrogen) atoms. The first-order valence-corrected chi connectivity index (χ1v) is 8.75. The van der Waals surface area contributed by atoms with Crippen LogP contribution in [-0.4, -0.2) is 40.9 Å². The first-order valence-electron chi connectivity index (χ1n) is 8.75. The van der Waals surface area contributed by atoms with E-state index in [0.29, 0.717) is 12.0 Å². The number of benzene rings is 1. The number of hydrogen-bond acceptors (Lipinski definition) is 1. The maximum atomic E-state index is 13.9. The third-order valence-corrected chi connectivity index (χ3v) is 4.46. The van der Waals surface area contributed by atoms with Gasteiger partial charge in [-0.1, -0.05) is 38.1 Å². The average molecular weight is 496 g/mol. The molecule has 0 fully saturated rings. The summed E-state index contributed by atoms with van der Waals surface area (Å²) in [6.45, 7) is 3.62. The SMILES string of the molecule is CC(C)Cc1ccc(C(O)CC(F)(F)C(F)(F)C(F)(F)C(F)(F)C(F)(F)C(F)(F)F)cc1. The van der Waals surface area contributed by atoms with E-state index in [9.17, 15) is 62.2 Å². The Balaban J connectivity index is 3.25. The Labute approximate surface area is 173 Å². The van der Waals surface area contributed by atoms with Crippen LogP contribution in [0.2, 0.25) is 0 Å². The average Bonchev–Trinajstić information content (AvgIpc) is 2.59. The van der Waals surface area contributed by atoms with Crippen molar-refractivity contribution < 1.29 is 62.2 Å². The highest BCUT2D eigenvalue weighted by molar-refractivity contribution is 5.25. The van der Waals surface area contributed by atoms with Crippen molar-refractivity contribution in [2.24, 2.45) is 5.92 Å². The van der Waals surface area contributed by atoms with Gasteiger partial charge in [0.15, 0.2) is 0 Å². The number of aliphatic hydroxyl groups excluding tert-OH is 1. The number of alkyl halides is 13. The predicted molar refractivity (Wildman–Crippen MR) is 85.4 cm³/mol. The van der Waals surface area contributed by atoms with Crippen molar-refractivity contribution in [2.45, 2.75) is 68.6 Å². The van der Waals surface area contributed by atoms with Crippen molar-refractivity contribution in [1.82, 2.24) is 0 Å². The molecule has 0 radical (unpaired) electrons. The second-order valence-electron chi connectivity index (χ2n) is 7.56. The zero-order valence-corrected chi connectivity index (χ0v) is 16.2. The van der Waals surface area contributed by atoms with Gasteiger partial charge in [-0.25, -0.2) is 0 Å². The molecule has 0 aliphatic rings. The quantitative estimate of drug-likeness (QED) is 0.364. The van der Waals surface area contributed by atoms with Crippen LogP contribution in [0.1, 0.15) is 37.5 Å². The van der Waals surface area contributed by atoms with Crippen LogP contribution in [-0.2, 0) is 6.42 Å². The van der Waals surface area contributed by atoms with Gasteiger partial charge in [-0.3, -0.25) is 0 Å². The highest BCUT2D eigenvalue weighted by Gasteiger charge is 2.90. The molecule has 0 aliphatic heterocycles. The standard InChI is InChI=1S/C18H17F13O/c1-9(2)7-10-3-5-11(6-4-10)12(32)8-13(19,20)14(21,22)15(23,24)16(25,26)17(27,28)18(29,30)31/h3-6,9,12,32H,7-8H2,1-2H3. The van der Waals surface area contributed by atoms with Gasteiger partial charge in [-0.15, -0.1) is 0 Å². The van der Waals surface area contributed by atoms with Crippen molar-refractivity contribution in [3.8, 4) is 0 Å². The van der Waals surface area contributed by atoms with Crippen LogP contribution in [0.25, 0.3) is 0 Å². The fourth-order valence-electron chi connectivity index (χ4n) is 2.64. The fraction of sp³-hybridized carbons (Fsp3) is 0.667. The lowest BCUT2D eigenvalue weighted by molar-refractivity contribution is -0.440. The number of rotatable bonds is 9. The zero-order valence-electron chi connectivity index (χ0n) is 16.2. The minimum atomic E-state index is -7.95. The number of halogens is 13. The third-order valence-electron chi connectivity index (χ3n) is 4.46. The van der Waals surface area contributed by atoms with Gasteiger partial charge in [-0.05, 0) is 23.5 Å². The summed E-state index contributed by atoms with van der Waals surface area (Å²) in [5.41, 5.74) is 0.0669. The van der Waals surface area contributed by atoms with Gasteiger partial charge in [0.1, 0.15) is 0 Å². The summed E-state index contributed by atoms with van der Waals surface area (Å²) in [6.07, 6.45) is -12.3. The second-order valence-corrected chi connectivity index (χ2v) is 7.56. The molecule has 1 nitrogen and oxygen atoms in total. The lowest BCUT2D eigenvalue weighted by Crippen LogP contribution is -2.70. The Morgan fingerprint density at radius 2 is 1.06 bits per heavy atom. The highest BCUT2D eigenvalue weighted by Crippen LogP contribution is 2.61. The van der Waals surface area contributed by atoms with Gasteiger partial charge in [0.2, 0.25) is 0 Å². The van der Waals surface area contributed by atoms with E-state index in [1.54, 1.807) is 0 Å². The van der Waals surface area contributed by atoms with E-state index in [-0.39, 0.29) is 5.92 Å². The summed E-state index contributed by atoms with van der Waals surface area (Å²) in [4.78, 5) is 0. The molecule has 1 aromatic rings. The Morgan fingerprint density at radius 3 is 1.44 bits per heavy atom. The van der Waals surface area contributed by atoms with Crippen LogP contribution < -0.4 is 0 Å². The van der Waals surface area contributed by atoms with Crippen molar-refractivity contribution >= 4 is 0 Å². The van der Waals surface area contributed by atoms with Crippen LogP contribution in [0.4, 0.5) is 57.1 Å². The molecule has 186 valence electrons. The van der Waals surface area contributed by atoms with E-state index >= 15 is 0 Å². The Bertz CT molecular complexity index is 766. The minimum Gasteiger partial charge on any atom is -0.388 e. The summed E-state index contributed by atoms with van der Waals surface area (Å²) in [7, 11) is 0. The normalized spacial score (nSPS) is 15.9. The molecule has 0 heterocycles. The molecule has 0 saturated carbocycles. The molecule has 1 atom stereocenters. The van der Waals surface area contributed by atoms with E-state index < -0.39 is 53.9 Å². The number of aliphatic hydroxyl groups is 1. The van der Waals surface area contributed by atoms with E-state index in [0.717, 1.165) is 12.1 Å². The molecule has 14 heteroatoms. The van der Waals surface area contributed by atoms with Gasteiger partial charge in [-0.2, -0.15) is 57.1 Å². The highest BCUT2D eigenvalue weighted by atomic mass is 19.4. The van der Waals surface area contributed by atoms with Crippen LogP contribution in [0.5, 0.6) is 0 Å². The van der Waals surface area contributed by atoms with Gasteiger partial charge < -0.3 is 5.11 Å². The fourth-order valence-corrected chi connectivity index (χ4v) is 2.64. The molecule has 0 spiro atoms. The van der Waals surface area contributed by atoms with Crippen LogP contribution in [0.15, 0.2) is 24.3 Å². The summed E-state index contributed by atoms with van der Waals surface area (Å²) in [5, 5.41) is 9.68. The smallest absolute Gasteiger partial charge is 0.388 e. The summed E-state index contributed by atoms with van der Waals surface area (Å²) < 4.78 is 170. The monoisotopic (exact) mass is 496 g/mol. The molecule has 1 unspecified atom stereocenters. The maximum absolute atomic E-state index is 13.9. The molecule has 0 saturated heterocycles. The molecular formula is C18H17F13O. The van der Waals surface area contributed by atoms with Gasteiger partial charge in [0.05, 0.1) is 6.10 Å². The molecular weight excluding hydrogens is 479 g/mol. The van der Waals surface area contributed by atoms with Gasteiger partial charge >= 0.3 is 35.8 Å².